The van der Waals surface area contributed by atoms with Gasteiger partial charge in [0.1, 0.15) is 0 Å². The highest BCUT2D eigenvalue weighted by Crippen LogP contribution is 2.16. The van der Waals surface area contributed by atoms with E-state index in [-0.39, 0.29) is 6.54 Å². The summed E-state index contributed by atoms with van der Waals surface area (Å²) in [5, 5.41) is 26.3. The van der Waals surface area contributed by atoms with E-state index in [9.17, 15) is 14.7 Å². The van der Waals surface area contributed by atoms with Crippen LogP contribution in [-0.4, -0.2) is 43.4 Å². The number of hydrogen-bond donors (Lipinski definition) is 4. The van der Waals surface area contributed by atoms with E-state index in [1.54, 1.807) is 42.3 Å². The highest BCUT2D eigenvalue weighted by atomic mass is 16.3. The zero-order valence-corrected chi connectivity index (χ0v) is 12.9. The van der Waals surface area contributed by atoms with E-state index in [4.69, 9.17) is 0 Å². The van der Waals surface area contributed by atoms with Crippen LogP contribution in [0.3, 0.4) is 0 Å². The van der Waals surface area contributed by atoms with Gasteiger partial charge in [0.15, 0.2) is 0 Å². The van der Waals surface area contributed by atoms with Crippen molar-refractivity contribution in [2.75, 3.05) is 11.9 Å². The number of rotatable bonds is 4. The molecule has 2 amide bonds. The maximum atomic E-state index is 11.9. The normalized spacial score (nSPS) is 12.1. The average Bonchev–Trinajstić information content (AvgIpc) is 3.20. The zero-order valence-electron chi connectivity index (χ0n) is 12.9. The molecular formula is C15H16N6O3. The van der Waals surface area contributed by atoms with Crippen molar-refractivity contribution in [2.45, 2.75) is 6.10 Å². The molecule has 3 rings (SSSR count). The molecule has 9 nitrogen and oxygen atoms in total. The number of nitrogens with one attached hydrogen (secondary N) is 3. The third kappa shape index (κ3) is 3.41. The maximum absolute atomic E-state index is 11.9. The molecule has 0 fully saturated rings. The first-order chi connectivity index (χ1) is 11.5. The second kappa shape index (κ2) is 6.50. The molecule has 0 bridgehead atoms. The lowest BCUT2D eigenvalue weighted by Crippen LogP contribution is -2.37. The number of aliphatic hydroxyl groups excluding tert-OH is 1. The molecule has 0 saturated carbocycles. The minimum absolute atomic E-state index is 0.0846. The summed E-state index contributed by atoms with van der Waals surface area (Å²) in [7, 11) is 1.72. The molecule has 0 radical (unpaired) electrons. The number of amides is 2. The van der Waals surface area contributed by atoms with Crippen LogP contribution in [0.15, 0.2) is 36.8 Å². The lowest BCUT2D eigenvalue weighted by Gasteiger charge is -2.10. The number of aromatic amines is 1. The monoisotopic (exact) mass is 328 g/mol. The standard InChI is InChI=1S/C15H16N6O3/c1-21-8-10(6-18-21)13(22)7-16-14(23)15(24)19-11-2-3-12-9(4-11)5-17-20-12/h2-6,8,13,22H,7H2,1H3,(H,16,23)(H,17,20)(H,19,24). The van der Waals surface area contributed by atoms with Gasteiger partial charge in [-0.2, -0.15) is 10.2 Å². The van der Waals surface area contributed by atoms with Gasteiger partial charge in [-0.1, -0.05) is 0 Å². The fourth-order valence-electron chi connectivity index (χ4n) is 2.21. The smallest absolute Gasteiger partial charge is 0.313 e. The second-order valence-corrected chi connectivity index (χ2v) is 5.30. The van der Waals surface area contributed by atoms with Crippen LogP contribution in [-0.2, 0) is 16.6 Å². The van der Waals surface area contributed by atoms with Crippen LogP contribution in [0.25, 0.3) is 10.9 Å². The Balaban J connectivity index is 1.55. The van der Waals surface area contributed by atoms with Gasteiger partial charge in [0.05, 0.1) is 24.0 Å². The van der Waals surface area contributed by atoms with Gasteiger partial charge in [0.2, 0.25) is 0 Å². The summed E-state index contributed by atoms with van der Waals surface area (Å²) in [5.74, 6) is -1.64. The predicted octanol–water partition coefficient (Wildman–Crippen LogP) is 0.0847. The van der Waals surface area contributed by atoms with Crippen molar-refractivity contribution in [3.05, 3.63) is 42.4 Å². The van der Waals surface area contributed by atoms with Crippen LogP contribution in [0.5, 0.6) is 0 Å². The van der Waals surface area contributed by atoms with Gasteiger partial charge in [-0.05, 0) is 18.2 Å². The first-order valence-corrected chi connectivity index (χ1v) is 7.22. The number of hydrogen-bond acceptors (Lipinski definition) is 5. The molecule has 124 valence electrons. The molecule has 9 heteroatoms. The third-order valence-corrected chi connectivity index (χ3v) is 3.47. The fraction of sp³-hybridized carbons (Fsp3) is 0.200. The van der Waals surface area contributed by atoms with Crippen LogP contribution < -0.4 is 10.6 Å². The number of aromatic nitrogens is 4. The van der Waals surface area contributed by atoms with Gasteiger partial charge in [0, 0.05) is 36.4 Å². The second-order valence-electron chi connectivity index (χ2n) is 5.30. The predicted molar refractivity (Wildman–Crippen MR) is 85.9 cm³/mol. The molecule has 2 aromatic heterocycles. The van der Waals surface area contributed by atoms with Crippen LogP contribution in [0.1, 0.15) is 11.7 Å². The maximum Gasteiger partial charge on any atom is 0.313 e. The van der Waals surface area contributed by atoms with Crippen molar-refractivity contribution in [1.29, 1.82) is 0 Å². The quantitative estimate of drug-likeness (QED) is 0.505. The first kappa shape index (κ1) is 15.7. The first-order valence-electron chi connectivity index (χ1n) is 7.22. The van der Waals surface area contributed by atoms with Crippen molar-refractivity contribution in [3.63, 3.8) is 0 Å². The largest absolute Gasteiger partial charge is 0.386 e. The molecule has 3 aromatic rings. The summed E-state index contributed by atoms with van der Waals surface area (Å²) >= 11 is 0. The van der Waals surface area contributed by atoms with Crippen LogP contribution >= 0.6 is 0 Å². The van der Waals surface area contributed by atoms with E-state index in [2.05, 4.69) is 25.9 Å². The molecule has 1 atom stereocenters. The van der Waals surface area contributed by atoms with Crippen molar-refractivity contribution < 1.29 is 14.7 Å². The Bertz CT molecular complexity index is 884. The molecule has 0 spiro atoms. The Morgan fingerprint density at radius 3 is 2.92 bits per heavy atom. The van der Waals surface area contributed by atoms with Gasteiger partial charge in [-0.3, -0.25) is 19.4 Å². The lowest BCUT2D eigenvalue weighted by molar-refractivity contribution is -0.136. The Hall–Kier alpha value is -3.20. The number of aryl methyl sites for hydroxylation is 1. The minimum atomic E-state index is -0.933. The molecule has 1 unspecified atom stereocenters. The topological polar surface area (TPSA) is 125 Å². The number of nitrogens with zero attached hydrogens (tertiary/aromatic N) is 3. The molecule has 0 aliphatic carbocycles. The summed E-state index contributed by atoms with van der Waals surface area (Å²) in [6.45, 7) is -0.0846. The van der Waals surface area contributed by atoms with E-state index < -0.39 is 17.9 Å². The minimum Gasteiger partial charge on any atom is -0.386 e. The van der Waals surface area contributed by atoms with Crippen molar-refractivity contribution in [1.82, 2.24) is 25.3 Å². The zero-order chi connectivity index (χ0) is 17.1. The SMILES string of the molecule is Cn1cc(C(O)CNC(=O)C(=O)Nc2ccc3[nH]ncc3c2)cn1. The van der Waals surface area contributed by atoms with Gasteiger partial charge in [-0.15, -0.1) is 0 Å². The van der Waals surface area contributed by atoms with E-state index in [0.29, 0.717) is 11.3 Å². The average molecular weight is 328 g/mol. The number of carbonyl (C=O) groups is 2. The molecule has 4 N–H and O–H groups in total. The van der Waals surface area contributed by atoms with E-state index >= 15 is 0 Å². The summed E-state index contributed by atoms with van der Waals surface area (Å²) in [5.41, 5.74) is 1.87. The lowest BCUT2D eigenvalue weighted by atomic mass is 10.2. The molecule has 2 heterocycles. The van der Waals surface area contributed by atoms with Crippen molar-refractivity contribution in [3.8, 4) is 0 Å². The summed E-state index contributed by atoms with van der Waals surface area (Å²) in [6, 6.07) is 5.12. The van der Waals surface area contributed by atoms with Crippen LogP contribution in [0, 0.1) is 0 Å². The van der Waals surface area contributed by atoms with Gasteiger partial charge >= 0.3 is 11.8 Å². The fourth-order valence-corrected chi connectivity index (χ4v) is 2.21. The summed E-state index contributed by atoms with van der Waals surface area (Å²) in [4.78, 5) is 23.7. The van der Waals surface area contributed by atoms with Crippen molar-refractivity contribution >= 4 is 28.4 Å². The molecular weight excluding hydrogens is 312 g/mol. The number of anilines is 1. The molecule has 0 aliphatic rings. The van der Waals surface area contributed by atoms with Gasteiger partial charge in [0.25, 0.3) is 0 Å². The van der Waals surface area contributed by atoms with E-state index in [0.717, 1.165) is 10.9 Å². The molecule has 24 heavy (non-hydrogen) atoms. The Labute approximate surface area is 136 Å². The van der Waals surface area contributed by atoms with Gasteiger partial charge < -0.3 is 15.7 Å². The number of carbonyl (C=O) groups excluding carboxylic acids is 2. The van der Waals surface area contributed by atoms with Gasteiger partial charge in [-0.25, -0.2) is 0 Å². The molecule has 0 aliphatic heterocycles. The molecule has 1 aromatic carbocycles. The summed E-state index contributed by atoms with van der Waals surface area (Å²) in [6.07, 6.45) is 3.82. The number of benzene rings is 1. The number of H-pyrrole nitrogens is 1. The van der Waals surface area contributed by atoms with E-state index in [1.807, 2.05) is 0 Å². The highest BCUT2D eigenvalue weighted by Gasteiger charge is 2.17. The molecule has 0 saturated heterocycles. The Morgan fingerprint density at radius 2 is 2.17 bits per heavy atom. The number of fused-ring (bicyclic) bond motifs is 1. The summed E-state index contributed by atoms with van der Waals surface area (Å²) < 4.78 is 1.54. The third-order valence-electron chi connectivity index (χ3n) is 3.47. The number of aliphatic hydroxyl groups is 1. The van der Waals surface area contributed by atoms with Crippen LogP contribution in [0.2, 0.25) is 0 Å². The van der Waals surface area contributed by atoms with E-state index in [1.165, 1.54) is 6.20 Å². The Kier molecular flexibility index (Phi) is 4.25. The van der Waals surface area contributed by atoms with Crippen LogP contribution in [0.4, 0.5) is 5.69 Å². The highest BCUT2D eigenvalue weighted by molar-refractivity contribution is 6.39. The Morgan fingerprint density at radius 1 is 1.33 bits per heavy atom. The van der Waals surface area contributed by atoms with Crippen molar-refractivity contribution in [2.24, 2.45) is 7.05 Å².